The summed E-state index contributed by atoms with van der Waals surface area (Å²) in [4.78, 5) is 34.7. The van der Waals surface area contributed by atoms with Crippen LogP contribution in [0.3, 0.4) is 0 Å². The molecule has 1 fully saturated rings. The molecule has 4 heterocycles. The molecule has 0 radical (unpaired) electrons. The van der Waals surface area contributed by atoms with Crippen LogP contribution in [0.5, 0.6) is 5.75 Å². The van der Waals surface area contributed by atoms with Crippen molar-refractivity contribution in [2.75, 3.05) is 6.54 Å². The quantitative estimate of drug-likeness (QED) is 0.373. The van der Waals surface area contributed by atoms with Crippen LogP contribution >= 0.6 is 22.9 Å². The Labute approximate surface area is 218 Å². The number of thiophene rings is 1. The molecule has 1 saturated heterocycles. The Balaban J connectivity index is 1.33. The van der Waals surface area contributed by atoms with E-state index in [1.165, 1.54) is 0 Å². The first kappa shape index (κ1) is 24.5. The lowest BCUT2D eigenvalue weighted by atomic mass is 10.1. The van der Waals surface area contributed by atoms with Gasteiger partial charge in [0.1, 0.15) is 16.1 Å². The average molecular weight is 523 g/mol. The predicted octanol–water partition coefficient (Wildman–Crippen LogP) is 4.49. The summed E-state index contributed by atoms with van der Waals surface area (Å²) in [6, 6.07) is 12.8. The molecule has 4 aromatic rings. The third-order valence-corrected chi connectivity index (χ3v) is 8.12. The summed E-state index contributed by atoms with van der Waals surface area (Å²) in [6.45, 7) is 1.99. The van der Waals surface area contributed by atoms with E-state index in [4.69, 9.17) is 11.6 Å². The van der Waals surface area contributed by atoms with Crippen LogP contribution in [0.15, 0.2) is 59.7 Å². The number of aromatic nitrogens is 2. The fourth-order valence-corrected chi connectivity index (χ4v) is 6.02. The topological polar surface area (TPSA) is 87.5 Å². The minimum absolute atomic E-state index is 0.132. The first-order valence-corrected chi connectivity index (χ1v) is 13.1. The molecule has 1 aromatic carbocycles. The molecule has 9 heteroatoms. The zero-order chi connectivity index (χ0) is 25.2. The Hall–Kier alpha value is -3.20. The standard InChI is InChI=1S/C27H27ClN4O3S/c1-31-16-22(26(35)30-14-17-6-8-18(28)9-7-17)25(34)21-13-20(36-27(21)31)15-32-11-3-4-19(32)12-23-24(33)5-2-10-29-23/h2,5-10,13,16,19,33H,3-4,11-12,14-15H2,1H3,(H,30,35)/t19-/m1/s1. The van der Waals surface area contributed by atoms with Gasteiger partial charge in [0, 0.05) is 54.9 Å². The van der Waals surface area contributed by atoms with E-state index in [1.807, 2.05) is 29.8 Å². The normalized spacial score (nSPS) is 16.0. The van der Waals surface area contributed by atoms with Gasteiger partial charge in [-0.2, -0.15) is 0 Å². The maximum atomic E-state index is 13.2. The second-order valence-electron chi connectivity index (χ2n) is 9.16. The highest BCUT2D eigenvalue weighted by Crippen LogP contribution is 2.29. The number of halogens is 1. The number of nitrogens with one attached hydrogen (secondary N) is 1. The number of pyridine rings is 2. The molecular formula is C27H27ClN4O3S. The van der Waals surface area contributed by atoms with Crippen molar-refractivity contribution in [2.45, 2.75) is 38.4 Å². The Morgan fingerprint density at radius 2 is 2.08 bits per heavy atom. The molecule has 0 saturated carbocycles. The molecule has 0 spiro atoms. The zero-order valence-electron chi connectivity index (χ0n) is 19.9. The van der Waals surface area contributed by atoms with Crippen molar-refractivity contribution in [1.29, 1.82) is 0 Å². The Bertz CT molecular complexity index is 1460. The number of aryl methyl sites for hydroxylation is 1. The molecular weight excluding hydrogens is 496 g/mol. The van der Waals surface area contributed by atoms with Gasteiger partial charge >= 0.3 is 0 Å². The molecule has 0 unspecified atom stereocenters. The lowest BCUT2D eigenvalue weighted by Crippen LogP contribution is -2.30. The third-order valence-electron chi connectivity index (χ3n) is 6.66. The van der Waals surface area contributed by atoms with Crippen LogP contribution in [0.1, 0.15) is 39.3 Å². The highest BCUT2D eigenvalue weighted by Gasteiger charge is 2.27. The number of carbonyl (C=O) groups excluding carboxylic acids is 1. The molecule has 1 atom stereocenters. The summed E-state index contributed by atoms with van der Waals surface area (Å²) < 4.78 is 1.86. The molecule has 1 amide bonds. The van der Waals surface area contributed by atoms with Crippen LogP contribution in [0.2, 0.25) is 5.02 Å². The lowest BCUT2D eigenvalue weighted by Gasteiger charge is -2.23. The first-order chi connectivity index (χ1) is 17.4. The smallest absolute Gasteiger partial charge is 0.257 e. The van der Waals surface area contributed by atoms with Crippen LogP contribution in [0.4, 0.5) is 0 Å². The molecule has 1 aliphatic rings. The van der Waals surface area contributed by atoms with Crippen LogP contribution in [-0.4, -0.2) is 38.1 Å². The van der Waals surface area contributed by atoms with Crippen LogP contribution in [0, 0.1) is 0 Å². The number of rotatable bonds is 7. The average Bonchev–Trinajstić information content (AvgIpc) is 3.50. The van der Waals surface area contributed by atoms with E-state index in [1.54, 1.807) is 48.0 Å². The summed E-state index contributed by atoms with van der Waals surface area (Å²) >= 11 is 7.50. The summed E-state index contributed by atoms with van der Waals surface area (Å²) in [5.41, 5.74) is 1.50. The Morgan fingerprint density at radius 1 is 1.28 bits per heavy atom. The maximum absolute atomic E-state index is 13.2. The molecule has 7 nitrogen and oxygen atoms in total. The van der Waals surface area contributed by atoms with Crippen molar-refractivity contribution in [3.63, 3.8) is 0 Å². The molecule has 186 valence electrons. The Kier molecular flexibility index (Phi) is 7.09. The fraction of sp³-hybridized carbons (Fsp3) is 0.296. The van der Waals surface area contributed by atoms with Crippen molar-refractivity contribution < 1.29 is 9.90 Å². The second-order valence-corrected chi connectivity index (χ2v) is 10.7. The molecule has 2 N–H and O–H groups in total. The van der Waals surface area contributed by atoms with Gasteiger partial charge in [-0.1, -0.05) is 23.7 Å². The summed E-state index contributed by atoms with van der Waals surface area (Å²) in [5.74, 6) is -0.161. The molecule has 1 aliphatic heterocycles. The number of amides is 1. The van der Waals surface area contributed by atoms with E-state index >= 15 is 0 Å². The van der Waals surface area contributed by atoms with Gasteiger partial charge in [0.2, 0.25) is 5.43 Å². The first-order valence-electron chi connectivity index (χ1n) is 11.9. The largest absolute Gasteiger partial charge is 0.506 e. The minimum atomic E-state index is -0.394. The highest BCUT2D eigenvalue weighted by molar-refractivity contribution is 7.18. The zero-order valence-corrected chi connectivity index (χ0v) is 21.5. The number of benzene rings is 1. The van der Waals surface area contributed by atoms with E-state index in [2.05, 4.69) is 15.2 Å². The fourth-order valence-electron chi connectivity index (χ4n) is 4.78. The minimum Gasteiger partial charge on any atom is -0.506 e. The third kappa shape index (κ3) is 5.16. The van der Waals surface area contributed by atoms with Gasteiger partial charge < -0.3 is 15.0 Å². The van der Waals surface area contributed by atoms with Crippen molar-refractivity contribution in [2.24, 2.45) is 7.05 Å². The molecule has 5 rings (SSSR count). The van der Waals surface area contributed by atoms with Gasteiger partial charge in [0.25, 0.3) is 5.91 Å². The van der Waals surface area contributed by atoms with Crippen molar-refractivity contribution >= 4 is 39.1 Å². The van der Waals surface area contributed by atoms with Crippen LogP contribution in [-0.2, 0) is 26.6 Å². The van der Waals surface area contributed by atoms with E-state index in [-0.39, 0.29) is 22.8 Å². The van der Waals surface area contributed by atoms with Gasteiger partial charge in [-0.15, -0.1) is 11.3 Å². The number of aromatic hydroxyl groups is 1. The number of fused-ring (bicyclic) bond motifs is 1. The van der Waals surface area contributed by atoms with Crippen molar-refractivity contribution in [3.8, 4) is 5.75 Å². The second kappa shape index (κ2) is 10.4. The number of hydrogen-bond donors (Lipinski definition) is 2. The van der Waals surface area contributed by atoms with E-state index in [9.17, 15) is 14.7 Å². The monoisotopic (exact) mass is 522 g/mol. The van der Waals surface area contributed by atoms with Gasteiger partial charge in [-0.05, 0) is 55.3 Å². The Morgan fingerprint density at radius 3 is 2.86 bits per heavy atom. The molecule has 0 bridgehead atoms. The van der Waals surface area contributed by atoms with E-state index in [0.717, 1.165) is 41.2 Å². The van der Waals surface area contributed by atoms with Crippen molar-refractivity contribution in [1.82, 2.24) is 19.8 Å². The highest BCUT2D eigenvalue weighted by atomic mass is 35.5. The SMILES string of the molecule is Cn1cc(C(=O)NCc2ccc(Cl)cc2)c(=O)c2cc(CN3CCC[C@@H]3Cc3ncccc3O)sc21. The van der Waals surface area contributed by atoms with E-state index in [0.29, 0.717) is 29.1 Å². The van der Waals surface area contributed by atoms with Gasteiger partial charge in [0.05, 0.1) is 11.1 Å². The number of carbonyl (C=O) groups is 1. The number of hydrogen-bond acceptors (Lipinski definition) is 6. The summed E-state index contributed by atoms with van der Waals surface area (Å²) in [6.07, 6.45) is 6.14. The van der Waals surface area contributed by atoms with Crippen LogP contribution in [0.25, 0.3) is 10.2 Å². The number of likely N-dealkylation sites (tertiary alicyclic amines) is 1. The van der Waals surface area contributed by atoms with Crippen LogP contribution < -0.4 is 10.7 Å². The lowest BCUT2D eigenvalue weighted by molar-refractivity contribution is 0.0949. The van der Waals surface area contributed by atoms with Gasteiger partial charge in [-0.3, -0.25) is 19.5 Å². The van der Waals surface area contributed by atoms with Gasteiger partial charge in [0.15, 0.2) is 0 Å². The maximum Gasteiger partial charge on any atom is 0.257 e. The van der Waals surface area contributed by atoms with Gasteiger partial charge in [-0.25, -0.2) is 0 Å². The number of nitrogens with zero attached hydrogens (tertiary/aromatic N) is 3. The summed E-state index contributed by atoms with van der Waals surface area (Å²) in [7, 11) is 1.86. The molecule has 3 aromatic heterocycles. The molecule has 36 heavy (non-hydrogen) atoms. The predicted molar refractivity (Wildman–Crippen MR) is 143 cm³/mol. The summed E-state index contributed by atoms with van der Waals surface area (Å²) in [5, 5.41) is 14.2. The molecule has 0 aliphatic carbocycles. The van der Waals surface area contributed by atoms with E-state index < -0.39 is 5.91 Å². The van der Waals surface area contributed by atoms with Crippen molar-refractivity contribution in [3.05, 3.63) is 91.8 Å².